The average Bonchev–Trinajstić information content (AvgIpc) is 3.12. The summed E-state index contributed by atoms with van der Waals surface area (Å²) in [6.45, 7) is 3.21. The van der Waals surface area contributed by atoms with Crippen molar-refractivity contribution >= 4 is 22.4 Å². The fourth-order valence-electron chi connectivity index (χ4n) is 3.05. The van der Waals surface area contributed by atoms with Crippen molar-refractivity contribution in [1.82, 2.24) is 9.36 Å². The van der Waals surface area contributed by atoms with Crippen molar-refractivity contribution in [3.63, 3.8) is 0 Å². The Labute approximate surface area is 123 Å². The lowest BCUT2D eigenvalue weighted by atomic mass is 10.1. The molecular formula is C15H20N4S. The first-order valence-corrected chi connectivity index (χ1v) is 8.00. The molecule has 0 spiro atoms. The highest BCUT2D eigenvalue weighted by Gasteiger charge is 2.26. The van der Waals surface area contributed by atoms with E-state index in [2.05, 4.69) is 27.2 Å². The zero-order chi connectivity index (χ0) is 13.9. The molecule has 0 radical (unpaired) electrons. The molecule has 2 aromatic rings. The van der Waals surface area contributed by atoms with Crippen LogP contribution in [0.5, 0.6) is 0 Å². The summed E-state index contributed by atoms with van der Waals surface area (Å²) in [6.07, 6.45) is 8.87. The molecule has 1 fully saturated rings. The molecule has 2 heterocycles. The molecule has 4 nitrogen and oxygen atoms in total. The molecule has 0 saturated heterocycles. The van der Waals surface area contributed by atoms with Crippen molar-refractivity contribution in [3.8, 4) is 11.1 Å². The van der Waals surface area contributed by atoms with Crippen LogP contribution < -0.4 is 10.6 Å². The molecular weight excluding hydrogens is 268 g/mol. The van der Waals surface area contributed by atoms with Crippen molar-refractivity contribution < 1.29 is 0 Å². The van der Waals surface area contributed by atoms with Gasteiger partial charge in [-0.05, 0) is 37.4 Å². The van der Waals surface area contributed by atoms with Gasteiger partial charge in [-0.15, -0.1) is 0 Å². The number of nitrogens with two attached hydrogens (primary N) is 1. The summed E-state index contributed by atoms with van der Waals surface area (Å²) in [5.74, 6) is 0.620. The van der Waals surface area contributed by atoms with Crippen LogP contribution in [0.4, 0.5) is 10.8 Å². The monoisotopic (exact) mass is 288 g/mol. The third-order valence-electron chi connectivity index (χ3n) is 4.02. The van der Waals surface area contributed by atoms with E-state index in [1.165, 1.54) is 42.2 Å². The van der Waals surface area contributed by atoms with Crippen molar-refractivity contribution in [2.75, 3.05) is 17.2 Å². The van der Waals surface area contributed by atoms with E-state index in [1.54, 1.807) is 6.20 Å². The highest BCUT2D eigenvalue weighted by molar-refractivity contribution is 7.11. The topological polar surface area (TPSA) is 55.0 Å². The zero-order valence-electron chi connectivity index (χ0n) is 11.7. The second-order valence-corrected chi connectivity index (χ2v) is 5.97. The molecule has 0 aromatic carbocycles. The Morgan fingerprint density at radius 2 is 2.20 bits per heavy atom. The molecule has 0 aliphatic heterocycles. The number of nitrogen functional groups attached to an aromatic ring is 1. The minimum Gasteiger partial charge on any atom is -0.382 e. The van der Waals surface area contributed by atoms with Crippen molar-refractivity contribution in [2.45, 2.75) is 38.6 Å². The Morgan fingerprint density at radius 3 is 2.85 bits per heavy atom. The predicted molar refractivity (Wildman–Crippen MR) is 85.0 cm³/mol. The SMILES string of the molecule is CCN(c1snc(N)c1-c1cccnc1)C1CCCC1. The molecule has 0 atom stereocenters. The molecule has 106 valence electrons. The van der Waals surface area contributed by atoms with Crippen LogP contribution in [0.25, 0.3) is 11.1 Å². The predicted octanol–water partition coefficient (Wildman–Crippen LogP) is 3.56. The maximum absolute atomic E-state index is 6.11. The molecule has 0 unspecified atom stereocenters. The molecule has 5 heteroatoms. The van der Waals surface area contributed by atoms with Crippen LogP contribution in [0.15, 0.2) is 24.5 Å². The molecule has 0 amide bonds. The van der Waals surface area contributed by atoms with Crippen molar-refractivity contribution in [1.29, 1.82) is 0 Å². The van der Waals surface area contributed by atoms with Gasteiger partial charge in [-0.25, -0.2) is 0 Å². The summed E-state index contributed by atoms with van der Waals surface area (Å²) in [6, 6.07) is 4.64. The van der Waals surface area contributed by atoms with Crippen LogP contribution in [0.1, 0.15) is 32.6 Å². The Bertz CT molecular complexity index is 561. The van der Waals surface area contributed by atoms with E-state index in [0.29, 0.717) is 11.9 Å². The fraction of sp³-hybridized carbons (Fsp3) is 0.467. The summed E-state index contributed by atoms with van der Waals surface area (Å²) in [4.78, 5) is 6.68. The standard InChI is InChI=1S/C15H20N4S/c1-2-19(12-7-3-4-8-12)15-13(14(16)18-20-15)11-6-5-9-17-10-11/h5-6,9-10,12H,2-4,7-8H2,1H3,(H2,16,18). The van der Waals surface area contributed by atoms with E-state index in [1.807, 2.05) is 12.3 Å². The van der Waals surface area contributed by atoms with Gasteiger partial charge in [-0.3, -0.25) is 4.98 Å². The third kappa shape index (κ3) is 2.38. The highest BCUT2D eigenvalue weighted by Crippen LogP contribution is 2.41. The lowest BCUT2D eigenvalue weighted by Crippen LogP contribution is -2.32. The summed E-state index contributed by atoms with van der Waals surface area (Å²) in [5, 5.41) is 1.20. The van der Waals surface area contributed by atoms with Gasteiger partial charge >= 0.3 is 0 Å². The number of aromatic nitrogens is 2. The van der Waals surface area contributed by atoms with Gasteiger partial charge < -0.3 is 10.6 Å². The molecule has 20 heavy (non-hydrogen) atoms. The smallest absolute Gasteiger partial charge is 0.147 e. The third-order valence-corrected chi connectivity index (χ3v) is 4.92. The first-order valence-electron chi connectivity index (χ1n) is 7.23. The maximum Gasteiger partial charge on any atom is 0.147 e. The first kappa shape index (κ1) is 13.4. The molecule has 1 saturated carbocycles. The Hall–Kier alpha value is -1.62. The minimum atomic E-state index is 0.620. The Balaban J connectivity index is 2.01. The number of nitrogens with zero attached hydrogens (tertiary/aromatic N) is 3. The van der Waals surface area contributed by atoms with E-state index < -0.39 is 0 Å². The second-order valence-electron chi connectivity index (χ2n) is 5.21. The second kappa shape index (κ2) is 5.79. The highest BCUT2D eigenvalue weighted by atomic mass is 32.1. The lowest BCUT2D eigenvalue weighted by molar-refractivity contribution is 0.624. The molecule has 3 rings (SSSR count). The van der Waals surface area contributed by atoms with E-state index in [-0.39, 0.29) is 0 Å². The number of anilines is 2. The number of pyridine rings is 1. The maximum atomic E-state index is 6.11. The number of rotatable bonds is 4. The van der Waals surface area contributed by atoms with Crippen molar-refractivity contribution in [3.05, 3.63) is 24.5 Å². The molecule has 1 aliphatic carbocycles. The minimum absolute atomic E-state index is 0.620. The summed E-state index contributed by atoms with van der Waals surface area (Å²) >= 11 is 1.51. The van der Waals surface area contributed by atoms with Crippen LogP contribution >= 0.6 is 11.5 Å². The largest absolute Gasteiger partial charge is 0.382 e. The normalized spacial score (nSPS) is 15.7. The molecule has 2 aromatic heterocycles. The van der Waals surface area contributed by atoms with Crippen LogP contribution in [0.2, 0.25) is 0 Å². The molecule has 2 N–H and O–H groups in total. The Kier molecular flexibility index (Phi) is 3.87. The van der Waals surface area contributed by atoms with Crippen LogP contribution in [0, 0.1) is 0 Å². The lowest BCUT2D eigenvalue weighted by Gasteiger charge is -2.29. The average molecular weight is 288 g/mol. The fourth-order valence-corrected chi connectivity index (χ4v) is 4.03. The molecule has 1 aliphatic rings. The van der Waals surface area contributed by atoms with Gasteiger partial charge in [0.25, 0.3) is 0 Å². The van der Waals surface area contributed by atoms with E-state index in [9.17, 15) is 0 Å². The summed E-state index contributed by atoms with van der Waals surface area (Å²) in [5.41, 5.74) is 8.22. The quantitative estimate of drug-likeness (QED) is 0.934. The van der Waals surface area contributed by atoms with E-state index in [4.69, 9.17) is 5.73 Å². The van der Waals surface area contributed by atoms with E-state index >= 15 is 0 Å². The van der Waals surface area contributed by atoms with Crippen LogP contribution in [-0.4, -0.2) is 21.9 Å². The van der Waals surface area contributed by atoms with Gasteiger partial charge in [0.05, 0.1) is 5.56 Å². The summed E-state index contributed by atoms with van der Waals surface area (Å²) < 4.78 is 4.38. The number of hydrogen-bond acceptors (Lipinski definition) is 5. The number of hydrogen-bond donors (Lipinski definition) is 1. The Morgan fingerprint density at radius 1 is 1.40 bits per heavy atom. The van der Waals surface area contributed by atoms with Gasteiger partial charge in [-0.1, -0.05) is 18.9 Å². The zero-order valence-corrected chi connectivity index (χ0v) is 12.6. The van der Waals surface area contributed by atoms with Gasteiger partial charge in [0.2, 0.25) is 0 Å². The summed E-state index contributed by atoms with van der Waals surface area (Å²) in [7, 11) is 0. The van der Waals surface area contributed by atoms with Gasteiger partial charge in [-0.2, -0.15) is 4.37 Å². The first-order chi connectivity index (χ1) is 9.81. The van der Waals surface area contributed by atoms with Gasteiger partial charge in [0.15, 0.2) is 0 Å². The van der Waals surface area contributed by atoms with Gasteiger partial charge in [0, 0.05) is 30.5 Å². The molecule has 0 bridgehead atoms. The van der Waals surface area contributed by atoms with Crippen LogP contribution in [0.3, 0.4) is 0 Å². The van der Waals surface area contributed by atoms with Gasteiger partial charge in [0.1, 0.15) is 10.8 Å². The van der Waals surface area contributed by atoms with Crippen molar-refractivity contribution in [2.24, 2.45) is 0 Å². The van der Waals surface area contributed by atoms with Crippen LogP contribution in [-0.2, 0) is 0 Å². The van der Waals surface area contributed by atoms with E-state index in [0.717, 1.165) is 17.7 Å².